The van der Waals surface area contributed by atoms with Crippen LogP contribution in [-0.2, 0) is 11.2 Å². The molecule has 25 heavy (non-hydrogen) atoms. The largest absolute Gasteiger partial charge is 0.462 e. The van der Waals surface area contributed by atoms with Gasteiger partial charge in [0, 0.05) is 11.4 Å². The van der Waals surface area contributed by atoms with E-state index < -0.39 is 5.97 Å². The Morgan fingerprint density at radius 2 is 1.68 bits per heavy atom. The molecule has 5 nitrogen and oxygen atoms in total. The Labute approximate surface area is 149 Å². The highest BCUT2D eigenvalue weighted by molar-refractivity contribution is 6.10. The smallest absolute Gasteiger partial charge is 0.340 e. The molecule has 0 saturated heterocycles. The van der Waals surface area contributed by atoms with Crippen LogP contribution in [0.5, 0.6) is 0 Å². The first kappa shape index (κ1) is 18.9. The lowest BCUT2D eigenvalue weighted by Crippen LogP contribution is -2.38. The number of aromatic amines is 1. The zero-order valence-corrected chi connectivity index (χ0v) is 15.6. The van der Waals surface area contributed by atoms with Gasteiger partial charge in [0.1, 0.15) is 0 Å². The summed E-state index contributed by atoms with van der Waals surface area (Å²) >= 11 is 0. The number of nitrogens with one attached hydrogen (secondary N) is 1. The van der Waals surface area contributed by atoms with E-state index in [1.807, 2.05) is 56.3 Å². The normalized spacial score (nSPS) is 12.2. The van der Waals surface area contributed by atoms with Crippen LogP contribution >= 0.6 is 0 Å². The van der Waals surface area contributed by atoms with Gasteiger partial charge in [-0.1, -0.05) is 30.3 Å². The number of H-pyrrole nitrogens is 1. The molecule has 1 aromatic heterocycles. The van der Waals surface area contributed by atoms with Crippen molar-refractivity contribution >= 4 is 11.8 Å². The number of aryl methyl sites for hydroxylation is 2. The van der Waals surface area contributed by atoms with Crippen LogP contribution in [0, 0.1) is 13.8 Å². The number of Topliss-reactive ketones (excluding diaryl/α,β-unsaturated/α-hetero) is 1. The fraction of sp³-hybridized carbons (Fsp3) is 0.400. The molecule has 0 aliphatic carbocycles. The van der Waals surface area contributed by atoms with Gasteiger partial charge in [0.2, 0.25) is 0 Å². The maximum absolute atomic E-state index is 13.3. The molecular formula is C20H26N2O3. The number of ether oxygens (including phenoxy) is 1. The van der Waals surface area contributed by atoms with Crippen LogP contribution in [0.4, 0.5) is 0 Å². The summed E-state index contributed by atoms with van der Waals surface area (Å²) in [6.07, 6.45) is 0.582. The van der Waals surface area contributed by atoms with Crippen LogP contribution in [-0.4, -0.2) is 48.4 Å². The number of rotatable bonds is 7. The van der Waals surface area contributed by atoms with Gasteiger partial charge < -0.3 is 9.72 Å². The summed E-state index contributed by atoms with van der Waals surface area (Å²) in [6.45, 7) is 5.64. The number of benzene rings is 1. The average Bonchev–Trinajstić information content (AvgIpc) is 2.87. The van der Waals surface area contributed by atoms with Crippen LogP contribution in [0.25, 0.3) is 0 Å². The van der Waals surface area contributed by atoms with E-state index in [-0.39, 0.29) is 18.4 Å². The number of hydrogen-bond donors (Lipinski definition) is 1. The third kappa shape index (κ3) is 4.17. The molecule has 1 N–H and O–H groups in total. The molecule has 0 bridgehead atoms. The molecule has 0 aliphatic rings. The lowest BCUT2D eigenvalue weighted by molar-refractivity contribution is 0.0521. The number of ketones is 1. The molecule has 1 heterocycles. The van der Waals surface area contributed by atoms with Crippen LogP contribution in [0.3, 0.4) is 0 Å². The minimum atomic E-state index is -0.454. The molecule has 1 aromatic carbocycles. The first-order valence-corrected chi connectivity index (χ1v) is 8.47. The first-order chi connectivity index (χ1) is 11.9. The van der Waals surface area contributed by atoms with E-state index in [9.17, 15) is 9.59 Å². The summed E-state index contributed by atoms with van der Waals surface area (Å²) in [5.41, 5.74) is 3.23. The van der Waals surface area contributed by atoms with Gasteiger partial charge in [-0.25, -0.2) is 4.79 Å². The number of carbonyl (C=O) groups excluding carboxylic acids is 2. The standard InChI is InChI=1S/C20H26N2O3/c1-6-25-20(24)18-14(3)21-13(2)17(18)19(23)16(22(4)5)12-15-10-8-7-9-11-15/h7-11,16,21H,6,12H2,1-5H3/t16-/m0/s1. The van der Waals surface area contributed by atoms with Crippen molar-refractivity contribution in [2.24, 2.45) is 0 Å². The first-order valence-electron chi connectivity index (χ1n) is 8.47. The summed E-state index contributed by atoms with van der Waals surface area (Å²) in [5.74, 6) is -0.524. The van der Waals surface area contributed by atoms with Crippen molar-refractivity contribution in [3.05, 3.63) is 58.4 Å². The molecule has 0 spiro atoms. The lowest BCUT2D eigenvalue weighted by Gasteiger charge is -2.23. The van der Waals surface area contributed by atoms with E-state index in [0.717, 1.165) is 5.56 Å². The second kappa shape index (κ2) is 8.12. The topological polar surface area (TPSA) is 62.4 Å². The Kier molecular flexibility index (Phi) is 6.15. The molecule has 0 fully saturated rings. The summed E-state index contributed by atoms with van der Waals surface area (Å²) < 4.78 is 5.15. The predicted octanol–water partition coefficient (Wildman–Crippen LogP) is 3.16. The van der Waals surface area contributed by atoms with Crippen LogP contribution < -0.4 is 0 Å². The lowest BCUT2D eigenvalue weighted by atomic mass is 9.94. The van der Waals surface area contributed by atoms with Crippen molar-refractivity contribution in [3.8, 4) is 0 Å². The number of aromatic nitrogens is 1. The number of carbonyl (C=O) groups is 2. The van der Waals surface area contributed by atoms with E-state index in [1.165, 1.54) is 0 Å². The van der Waals surface area contributed by atoms with E-state index in [4.69, 9.17) is 4.74 Å². The second-order valence-corrected chi connectivity index (χ2v) is 6.38. The number of esters is 1. The SMILES string of the molecule is CCOC(=O)c1c(C)[nH]c(C)c1C(=O)[C@H](Cc1ccccc1)N(C)C. The summed E-state index contributed by atoms with van der Waals surface area (Å²) in [7, 11) is 3.76. The molecule has 2 rings (SSSR count). The van der Waals surface area contributed by atoms with Crippen molar-refractivity contribution in [2.45, 2.75) is 33.2 Å². The highest BCUT2D eigenvalue weighted by Crippen LogP contribution is 2.23. The quantitative estimate of drug-likeness (QED) is 0.620. The van der Waals surface area contributed by atoms with Crippen molar-refractivity contribution in [1.29, 1.82) is 0 Å². The van der Waals surface area contributed by atoms with Gasteiger partial charge >= 0.3 is 5.97 Å². The fourth-order valence-electron chi connectivity index (χ4n) is 3.06. The number of nitrogens with zero attached hydrogens (tertiary/aromatic N) is 1. The van der Waals surface area contributed by atoms with Gasteiger partial charge in [-0.15, -0.1) is 0 Å². The highest BCUT2D eigenvalue weighted by Gasteiger charge is 2.31. The van der Waals surface area contributed by atoms with Crippen molar-refractivity contribution in [2.75, 3.05) is 20.7 Å². The maximum Gasteiger partial charge on any atom is 0.340 e. The predicted molar refractivity (Wildman–Crippen MR) is 98.2 cm³/mol. The van der Waals surface area contributed by atoms with Gasteiger partial charge in [0.15, 0.2) is 5.78 Å². The van der Waals surface area contributed by atoms with Gasteiger partial charge in [-0.3, -0.25) is 9.69 Å². The van der Waals surface area contributed by atoms with Crippen molar-refractivity contribution < 1.29 is 14.3 Å². The minimum Gasteiger partial charge on any atom is -0.462 e. The maximum atomic E-state index is 13.3. The van der Waals surface area contributed by atoms with Gasteiger partial charge in [-0.2, -0.15) is 0 Å². The third-order valence-corrected chi connectivity index (χ3v) is 4.30. The van der Waals surface area contributed by atoms with E-state index in [1.54, 1.807) is 13.8 Å². The van der Waals surface area contributed by atoms with E-state index in [0.29, 0.717) is 28.9 Å². The van der Waals surface area contributed by atoms with Gasteiger partial charge in [-0.05, 0) is 46.9 Å². The molecule has 0 aliphatic heterocycles. The Hall–Kier alpha value is -2.40. The van der Waals surface area contributed by atoms with Crippen LogP contribution in [0.1, 0.15) is 44.6 Å². The zero-order chi connectivity index (χ0) is 18.6. The Morgan fingerprint density at radius 1 is 1.08 bits per heavy atom. The van der Waals surface area contributed by atoms with E-state index in [2.05, 4.69) is 4.98 Å². The summed E-state index contributed by atoms with van der Waals surface area (Å²) in [5, 5.41) is 0. The average molecular weight is 342 g/mol. The second-order valence-electron chi connectivity index (χ2n) is 6.38. The highest BCUT2D eigenvalue weighted by atomic mass is 16.5. The molecule has 0 radical (unpaired) electrons. The molecular weight excluding hydrogens is 316 g/mol. The molecule has 0 unspecified atom stereocenters. The molecule has 5 heteroatoms. The molecule has 0 saturated carbocycles. The number of likely N-dealkylation sites (N-methyl/N-ethyl adjacent to an activating group) is 1. The monoisotopic (exact) mass is 342 g/mol. The summed E-state index contributed by atoms with van der Waals surface area (Å²) in [6, 6.07) is 9.53. The van der Waals surface area contributed by atoms with Crippen LogP contribution in [0.15, 0.2) is 30.3 Å². The van der Waals surface area contributed by atoms with Gasteiger partial charge in [0.05, 0.1) is 23.8 Å². The molecule has 1 atom stereocenters. The van der Waals surface area contributed by atoms with Crippen molar-refractivity contribution in [3.63, 3.8) is 0 Å². The number of hydrogen-bond acceptors (Lipinski definition) is 4. The Bertz CT molecular complexity index is 748. The van der Waals surface area contributed by atoms with E-state index >= 15 is 0 Å². The third-order valence-electron chi connectivity index (χ3n) is 4.30. The van der Waals surface area contributed by atoms with Gasteiger partial charge in [0.25, 0.3) is 0 Å². The molecule has 2 aromatic rings. The summed E-state index contributed by atoms with van der Waals surface area (Å²) in [4.78, 5) is 30.6. The zero-order valence-electron chi connectivity index (χ0n) is 15.6. The minimum absolute atomic E-state index is 0.0706. The molecule has 134 valence electrons. The Balaban J connectivity index is 2.41. The van der Waals surface area contributed by atoms with Crippen LogP contribution in [0.2, 0.25) is 0 Å². The van der Waals surface area contributed by atoms with Crippen molar-refractivity contribution in [1.82, 2.24) is 9.88 Å². The molecule has 0 amide bonds. The fourth-order valence-corrected chi connectivity index (χ4v) is 3.06. The Morgan fingerprint density at radius 3 is 2.24 bits per heavy atom.